The van der Waals surface area contributed by atoms with E-state index < -0.39 is 6.04 Å². The molecule has 0 radical (unpaired) electrons. The van der Waals surface area contributed by atoms with Crippen molar-refractivity contribution in [3.05, 3.63) is 12.7 Å². The summed E-state index contributed by atoms with van der Waals surface area (Å²) >= 11 is 0. The van der Waals surface area contributed by atoms with Crippen LogP contribution in [0.2, 0.25) is 0 Å². The molecule has 0 spiro atoms. The van der Waals surface area contributed by atoms with E-state index >= 15 is 0 Å². The fourth-order valence-corrected chi connectivity index (χ4v) is 0.803. The van der Waals surface area contributed by atoms with Gasteiger partial charge in [0.2, 0.25) is 5.91 Å². The van der Waals surface area contributed by atoms with E-state index in [1.54, 1.807) is 6.08 Å². The van der Waals surface area contributed by atoms with Gasteiger partial charge in [0, 0.05) is 6.54 Å². The Morgan fingerprint density at radius 1 is 1.75 bits per heavy atom. The van der Waals surface area contributed by atoms with Crippen LogP contribution in [0.3, 0.4) is 0 Å². The van der Waals surface area contributed by atoms with Gasteiger partial charge in [-0.2, -0.15) is 0 Å². The minimum atomic E-state index is -0.394. The maximum atomic E-state index is 11.2. The number of carbonyl (C=O) groups is 1. The van der Waals surface area contributed by atoms with E-state index in [2.05, 4.69) is 11.9 Å². The lowest BCUT2D eigenvalue weighted by Gasteiger charge is -2.16. The Kier molecular flexibility index (Phi) is 5.37. The molecule has 2 atom stereocenters. The highest BCUT2D eigenvalue weighted by Gasteiger charge is 2.17. The number of nitrogens with two attached hydrogens (primary N) is 1. The van der Waals surface area contributed by atoms with E-state index in [1.807, 2.05) is 13.8 Å². The predicted octanol–water partition coefficient (Wildman–Crippen LogP) is 0.662. The molecule has 0 aliphatic heterocycles. The maximum absolute atomic E-state index is 11.2. The smallest absolute Gasteiger partial charge is 0.237 e. The number of hydrogen-bond acceptors (Lipinski definition) is 2. The summed E-state index contributed by atoms with van der Waals surface area (Å²) in [5.74, 6) is 0.138. The lowest BCUT2D eigenvalue weighted by molar-refractivity contribution is -0.123. The van der Waals surface area contributed by atoms with Crippen molar-refractivity contribution in [2.24, 2.45) is 11.7 Å². The van der Waals surface area contributed by atoms with Crippen LogP contribution in [-0.2, 0) is 4.79 Å². The van der Waals surface area contributed by atoms with Crippen molar-refractivity contribution in [1.82, 2.24) is 5.32 Å². The Labute approximate surface area is 74.0 Å². The highest BCUT2D eigenvalue weighted by atomic mass is 16.2. The van der Waals surface area contributed by atoms with Gasteiger partial charge in [-0.15, -0.1) is 6.58 Å². The van der Waals surface area contributed by atoms with Crippen LogP contribution in [0.15, 0.2) is 12.7 Å². The van der Waals surface area contributed by atoms with Gasteiger partial charge in [0.15, 0.2) is 0 Å². The van der Waals surface area contributed by atoms with Crippen LogP contribution in [0.5, 0.6) is 0 Å². The highest BCUT2D eigenvalue weighted by molar-refractivity contribution is 5.81. The molecule has 0 aromatic carbocycles. The molecule has 3 heteroatoms. The molecule has 0 rings (SSSR count). The number of nitrogens with one attached hydrogen (secondary N) is 1. The molecule has 0 fully saturated rings. The van der Waals surface area contributed by atoms with E-state index in [0.717, 1.165) is 6.42 Å². The van der Waals surface area contributed by atoms with Gasteiger partial charge in [-0.25, -0.2) is 0 Å². The lowest BCUT2D eigenvalue weighted by atomic mass is 9.99. The van der Waals surface area contributed by atoms with Crippen molar-refractivity contribution >= 4 is 5.91 Å². The molecule has 0 bridgehead atoms. The van der Waals surface area contributed by atoms with Crippen LogP contribution in [0.25, 0.3) is 0 Å². The molecule has 0 aromatic heterocycles. The first-order valence-corrected chi connectivity index (χ1v) is 4.27. The summed E-state index contributed by atoms with van der Waals surface area (Å²) in [7, 11) is 0. The Morgan fingerprint density at radius 2 is 2.33 bits per heavy atom. The normalized spacial score (nSPS) is 14.9. The fraction of sp³-hybridized carbons (Fsp3) is 0.667. The van der Waals surface area contributed by atoms with E-state index in [4.69, 9.17) is 5.73 Å². The van der Waals surface area contributed by atoms with Crippen molar-refractivity contribution in [3.8, 4) is 0 Å². The SMILES string of the molecule is C=CCNC(=O)[C@@H](N)C(C)CC. The van der Waals surface area contributed by atoms with E-state index in [9.17, 15) is 4.79 Å². The molecule has 12 heavy (non-hydrogen) atoms. The van der Waals surface area contributed by atoms with E-state index in [1.165, 1.54) is 0 Å². The van der Waals surface area contributed by atoms with Gasteiger partial charge in [-0.1, -0.05) is 26.3 Å². The zero-order chi connectivity index (χ0) is 9.56. The first-order chi connectivity index (χ1) is 5.63. The zero-order valence-electron chi connectivity index (χ0n) is 7.84. The van der Waals surface area contributed by atoms with Crippen LogP contribution in [0.1, 0.15) is 20.3 Å². The van der Waals surface area contributed by atoms with Crippen LogP contribution < -0.4 is 11.1 Å². The van der Waals surface area contributed by atoms with Gasteiger partial charge < -0.3 is 11.1 Å². The Hall–Kier alpha value is -0.830. The Morgan fingerprint density at radius 3 is 2.75 bits per heavy atom. The summed E-state index contributed by atoms with van der Waals surface area (Å²) in [4.78, 5) is 11.2. The highest BCUT2D eigenvalue weighted by Crippen LogP contribution is 2.04. The molecule has 0 aromatic rings. The maximum Gasteiger partial charge on any atom is 0.237 e. The molecule has 0 saturated carbocycles. The van der Waals surface area contributed by atoms with Gasteiger partial charge >= 0.3 is 0 Å². The molecule has 0 aliphatic rings. The van der Waals surface area contributed by atoms with Crippen LogP contribution in [0, 0.1) is 5.92 Å². The van der Waals surface area contributed by atoms with Crippen molar-refractivity contribution < 1.29 is 4.79 Å². The summed E-state index contributed by atoms with van der Waals surface area (Å²) in [6.45, 7) is 7.98. The topological polar surface area (TPSA) is 55.1 Å². The molecule has 1 amide bonds. The Bertz CT molecular complexity index is 157. The second-order valence-corrected chi connectivity index (χ2v) is 2.95. The van der Waals surface area contributed by atoms with Gasteiger partial charge in [0.1, 0.15) is 0 Å². The fourth-order valence-electron chi connectivity index (χ4n) is 0.803. The molecule has 0 heterocycles. The zero-order valence-corrected chi connectivity index (χ0v) is 7.84. The van der Waals surface area contributed by atoms with Crippen molar-refractivity contribution in [2.75, 3.05) is 6.54 Å². The first-order valence-electron chi connectivity index (χ1n) is 4.27. The van der Waals surface area contributed by atoms with Crippen LogP contribution >= 0.6 is 0 Å². The third-order valence-corrected chi connectivity index (χ3v) is 1.98. The Balaban J connectivity index is 3.83. The lowest BCUT2D eigenvalue weighted by Crippen LogP contribution is -2.44. The number of carbonyl (C=O) groups excluding carboxylic acids is 1. The third-order valence-electron chi connectivity index (χ3n) is 1.98. The predicted molar refractivity (Wildman–Crippen MR) is 50.6 cm³/mol. The van der Waals surface area contributed by atoms with Crippen molar-refractivity contribution in [2.45, 2.75) is 26.3 Å². The molecule has 3 N–H and O–H groups in total. The monoisotopic (exact) mass is 170 g/mol. The summed E-state index contributed by atoms with van der Waals surface area (Å²) in [5.41, 5.74) is 5.67. The molecule has 1 unspecified atom stereocenters. The van der Waals surface area contributed by atoms with E-state index in [0.29, 0.717) is 6.54 Å². The van der Waals surface area contributed by atoms with E-state index in [-0.39, 0.29) is 11.8 Å². The average molecular weight is 170 g/mol. The quantitative estimate of drug-likeness (QED) is 0.596. The minimum absolute atomic E-state index is 0.0933. The van der Waals surface area contributed by atoms with Crippen molar-refractivity contribution in [3.63, 3.8) is 0 Å². The average Bonchev–Trinajstić information content (AvgIpc) is 2.11. The standard InChI is InChI=1S/C9H18N2O/c1-4-6-11-9(12)8(10)7(3)5-2/h4,7-8H,1,5-6,10H2,2-3H3,(H,11,12)/t7?,8-/m0/s1. The summed E-state index contributed by atoms with van der Waals surface area (Å²) in [5, 5.41) is 2.67. The summed E-state index contributed by atoms with van der Waals surface area (Å²) in [6.07, 6.45) is 2.56. The van der Waals surface area contributed by atoms with Gasteiger partial charge in [-0.3, -0.25) is 4.79 Å². The molecular weight excluding hydrogens is 152 g/mol. The van der Waals surface area contributed by atoms with Crippen LogP contribution in [-0.4, -0.2) is 18.5 Å². The van der Waals surface area contributed by atoms with Gasteiger partial charge in [0.25, 0.3) is 0 Å². The van der Waals surface area contributed by atoms with Gasteiger partial charge in [-0.05, 0) is 5.92 Å². The molecule has 3 nitrogen and oxygen atoms in total. The number of rotatable bonds is 5. The molecule has 0 aliphatic carbocycles. The largest absolute Gasteiger partial charge is 0.351 e. The van der Waals surface area contributed by atoms with Crippen molar-refractivity contribution in [1.29, 1.82) is 0 Å². The molecular formula is C9H18N2O. The number of hydrogen-bond donors (Lipinski definition) is 2. The molecule has 70 valence electrons. The summed E-state index contributed by atoms with van der Waals surface area (Å²) in [6, 6.07) is -0.394. The third kappa shape index (κ3) is 3.53. The first kappa shape index (κ1) is 11.2. The summed E-state index contributed by atoms with van der Waals surface area (Å²) < 4.78 is 0. The second-order valence-electron chi connectivity index (χ2n) is 2.95. The number of amides is 1. The molecule has 0 saturated heterocycles. The minimum Gasteiger partial charge on any atom is -0.351 e. The second kappa shape index (κ2) is 5.77. The van der Waals surface area contributed by atoms with Crippen LogP contribution in [0.4, 0.5) is 0 Å². The van der Waals surface area contributed by atoms with Gasteiger partial charge in [0.05, 0.1) is 6.04 Å².